The number of hydrogen-bond acceptors (Lipinski definition) is 6. The molecule has 1 unspecified atom stereocenters. The topological polar surface area (TPSA) is 83.6 Å². The van der Waals surface area contributed by atoms with E-state index in [0.29, 0.717) is 6.54 Å². The first kappa shape index (κ1) is 19.0. The Labute approximate surface area is 170 Å². The molecule has 1 atom stereocenters. The summed E-state index contributed by atoms with van der Waals surface area (Å²) >= 11 is 0. The number of aromatic nitrogens is 2. The summed E-state index contributed by atoms with van der Waals surface area (Å²) in [7, 11) is 3.34. The Morgan fingerprint density at radius 3 is 2.38 bits per heavy atom. The van der Waals surface area contributed by atoms with E-state index in [4.69, 9.17) is 14.5 Å². The predicted octanol–water partition coefficient (Wildman–Crippen LogP) is 2.93. The van der Waals surface area contributed by atoms with Crippen LogP contribution in [0.25, 0.3) is 11.3 Å². The molecule has 0 amide bonds. The van der Waals surface area contributed by atoms with Crippen LogP contribution in [0.2, 0.25) is 0 Å². The molecule has 0 bridgehead atoms. The largest absolute Gasteiger partial charge is 0.497 e. The summed E-state index contributed by atoms with van der Waals surface area (Å²) in [6.07, 6.45) is 1.87. The Morgan fingerprint density at radius 2 is 1.69 bits per heavy atom. The predicted molar refractivity (Wildman–Crippen MR) is 113 cm³/mol. The van der Waals surface area contributed by atoms with E-state index < -0.39 is 0 Å². The van der Waals surface area contributed by atoms with Gasteiger partial charge in [-0.1, -0.05) is 12.1 Å². The molecule has 0 saturated carbocycles. The molecule has 7 heteroatoms. The maximum absolute atomic E-state index is 5.26. The van der Waals surface area contributed by atoms with E-state index in [2.05, 4.69) is 33.0 Å². The Kier molecular flexibility index (Phi) is 5.76. The van der Waals surface area contributed by atoms with Crippen LogP contribution in [0.1, 0.15) is 17.2 Å². The molecule has 2 heterocycles. The molecule has 0 fully saturated rings. The van der Waals surface area contributed by atoms with Crippen LogP contribution in [0, 0.1) is 0 Å². The third kappa shape index (κ3) is 4.25. The van der Waals surface area contributed by atoms with Gasteiger partial charge in [0.15, 0.2) is 0 Å². The van der Waals surface area contributed by atoms with E-state index in [0.717, 1.165) is 47.2 Å². The fraction of sp³-hybridized carbons (Fsp3) is 0.273. The number of amidine groups is 1. The van der Waals surface area contributed by atoms with Crippen LogP contribution in [0.3, 0.4) is 0 Å². The molecule has 0 spiro atoms. The first-order chi connectivity index (χ1) is 14.3. The molecule has 0 aliphatic carbocycles. The normalized spacial score (nSPS) is 16.2. The van der Waals surface area contributed by atoms with Gasteiger partial charge < -0.3 is 20.1 Å². The second-order valence-corrected chi connectivity index (χ2v) is 6.78. The first-order valence-corrected chi connectivity index (χ1v) is 9.60. The van der Waals surface area contributed by atoms with Crippen LogP contribution in [-0.2, 0) is 6.54 Å². The van der Waals surface area contributed by atoms with Crippen molar-refractivity contribution in [3.05, 3.63) is 65.9 Å². The van der Waals surface area contributed by atoms with E-state index >= 15 is 0 Å². The minimum Gasteiger partial charge on any atom is -0.497 e. The average molecular weight is 391 g/mol. The molecule has 0 radical (unpaired) electrons. The summed E-state index contributed by atoms with van der Waals surface area (Å²) in [5.74, 6) is 2.60. The van der Waals surface area contributed by atoms with Gasteiger partial charge in [-0.2, -0.15) is 5.10 Å². The van der Waals surface area contributed by atoms with Gasteiger partial charge >= 0.3 is 0 Å². The molecular formula is C22H25N5O2. The Morgan fingerprint density at radius 1 is 1.00 bits per heavy atom. The third-order valence-corrected chi connectivity index (χ3v) is 5.01. The standard InChI is InChI=1S/C22H25N5O2/c1-28-17-7-3-15(4-8-17)13-25-22-21(23-11-12-24-22)19-14-26-27-20(19)16-5-9-18(29-2)10-6-16/h3-10,14,21,23H,11-13H2,1-2H3,(H,24,25)(H,26,27). The maximum Gasteiger partial charge on any atom is 0.119 e. The SMILES string of the molecule is COc1ccc(CNC2=NCCNC2c2cn[nH]c2-c2ccc(OC)cc2)cc1. The summed E-state index contributed by atoms with van der Waals surface area (Å²) < 4.78 is 10.5. The van der Waals surface area contributed by atoms with E-state index in [1.807, 2.05) is 42.6 Å². The van der Waals surface area contributed by atoms with Crippen molar-refractivity contribution in [1.29, 1.82) is 0 Å². The van der Waals surface area contributed by atoms with E-state index in [1.54, 1.807) is 14.2 Å². The summed E-state index contributed by atoms with van der Waals surface area (Å²) in [5, 5.41) is 14.5. The second kappa shape index (κ2) is 8.79. The van der Waals surface area contributed by atoms with E-state index in [-0.39, 0.29) is 6.04 Å². The van der Waals surface area contributed by atoms with Crippen LogP contribution < -0.4 is 20.1 Å². The van der Waals surface area contributed by atoms with Gasteiger partial charge in [0.2, 0.25) is 0 Å². The van der Waals surface area contributed by atoms with Gasteiger partial charge in [-0.15, -0.1) is 0 Å². The van der Waals surface area contributed by atoms with Crippen molar-refractivity contribution < 1.29 is 9.47 Å². The lowest BCUT2D eigenvalue weighted by molar-refractivity contribution is 0.414. The van der Waals surface area contributed by atoms with Gasteiger partial charge in [0.05, 0.1) is 38.7 Å². The van der Waals surface area contributed by atoms with Crippen molar-refractivity contribution in [3.63, 3.8) is 0 Å². The molecule has 7 nitrogen and oxygen atoms in total. The highest BCUT2D eigenvalue weighted by Gasteiger charge is 2.25. The quantitative estimate of drug-likeness (QED) is 0.602. The van der Waals surface area contributed by atoms with Crippen LogP contribution in [-0.4, -0.2) is 43.3 Å². The van der Waals surface area contributed by atoms with Crippen LogP contribution in [0.5, 0.6) is 11.5 Å². The first-order valence-electron chi connectivity index (χ1n) is 9.60. The number of aromatic amines is 1. The lowest BCUT2D eigenvalue weighted by atomic mass is 10.0. The monoisotopic (exact) mass is 391 g/mol. The van der Waals surface area contributed by atoms with Gasteiger partial charge in [0.25, 0.3) is 0 Å². The number of methoxy groups -OCH3 is 2. The van der Waals surface area contributed by atoms with Gasteiger partial charge in [-0.3, -0.25) is 10.1 Å². The van der Waals surface area contributed by atoms with Gasteiger partial charge in [0.1, 0.15) is 17.3 Å². The molecule has 150 valence electrons. The van der Waals surface area contributed by atoms with Crippen molar-refractivity contribution >= 4 is 5.84 Å². The molecule has 0 saturated heterocycles. The Balaban J connectivity index is 1.53. The number of nitrogens with one attached hydrogen (secondary N) is 3. The summed E-state index contributed by atoms with van der Waals surface area (Å²) in [6.45, 7) is 2.26. The van der Waals surface area contributed by atoms with Crippen molar-refractivity contribution in [2.75, 3.05) is 27.3 Å². The lowest BCUT2D eigenvalue weighted by Gasteiger charge is -2.26. The van der Waals surface area contributed by atoms with E-state index in [1.165, 1.54) is 5.56 Å². The maximum atomic E-state index is 5.26. The Bertz CT molecular complexity index is 964. The zero-order valence-electron chi connectivity index (χ0n) is 16.6. The van der Waals surface area contributed by atoms with Gasteiger partial charge in [-0.05, 0) is 42.0 Å². The molecule has 3 N–H and O–H groups in total. The molecule has 1 aliphatic heterocycles. The van der Waals surface area contributed by atoms with Crippen LogP contribution >= 0.6 is 0 Å². The van der Waals surface area contributed by atoms with Crippen molar-refractivity contribution in [3.8, 4) is 22.8 Å². The minimum absolute atomic E-state index is 0.0437. The van der Waals surface area contributed by atoms with Gasteiger partial charge in [0, 0.05) is 24.2 Å². The van der Waals surface area contributed by atoms with Crippen molar-refractivity contribution in [1.82, 2.24) is 20.8 Å². The minimum atomic E-state index is -0.0437. The zero-order chi connectivity index (χ0) is 20.1. The number of rotatable bonds is 6. The Hall–Kier alpha value is -3.32. The summed E-state index contributed by atoms with van der Waals surface area (Å²) in [4.78, 5) is 4.73. The van der Waals surface area contributed by atoms with Crippen molar-refractivity contribution in [2.24, 2.45) is 4.99 Å². The van der Waals surface area contributed by atoms with Crippen LogP contribution in [0.15, 0.2) is 59.7 Å². The molecule has 3 aromatic rings. The number of benzene rings is 2. The van der Waals surface area contributed by atoms with Crippen molar-refractivity contribution in [2.45, 2.75) is 12.6 Å². The summed E-state index contributed by atoms with van der Waals surface area (Å²) in [5.41, 5.74) is 4.27. The van der Waals surface area contributed by atoms with Gasteiger partial charge in [-0.25, -0.2) is 0 Å². The number of ether oxygens (including phenoxy) is 2. The fourth-order valence-electron chi connectivity index (χ4n) is 3.43. The highest BCUT2D eigenvalue weighted by Crippen LogP contribution is 2.29. The lowest BCUT2D eigenvalue weighted by Crippen LogP contribution is -2.42. The molecule has 29 heavy (non-hydrogen) atoms. The third-order valence-electron chi connectivity index (χ3n) is 5.01. The second-order valence-electron chi connectivity index (χ2n) is 6.78. The highest BCUT2D eigenvalue weighted by molar-refractivity contribution is 5.90. The van der Waals surface area contributed by atoms with E-state index in [9.17, 15) is 0 Å². The zero-order valence-corrected chi connectivity index (χ0v) is 16.6. The summed E-state index contributed by atoms with van der Waals surface area (Å²) in [6, 6.07) is 16.0. The molecule has 1 aliphatic rings. The smallest absolute Gasteiger partial charge is 0.119 e. The molecule has 4 rings (SSSR count). The van der Waals surface area contributed by atoms with Crippen LogP contribution in [0.4, 0.5) is 0 Å². The average Bonchev–Trinajstić information content (AvgIpc) is 3.28. The molecule has 1 aromatic heterocycles. The highest BCUT2D eigenvalue weighted by atomic mass is 16.5. The fourth-order valence-corrected chi connectivity index (χ4v) is 3.43. The number of hydrogen-bond donors (Lipinski definition) is 3. The molecular weight excluding hydrogens is 366 g/mol. The number of aliphatic imine (C=N–C) groups is 1. The molecule has 2 aromatic carbocycles. The number of nitrogens with zero attached hydrogens (tertiary/aromatic N) is 2. The number of H-pyrrole nitrogens is 1.